The molecule has 3 aromatic rings. The molecule has 0 saturated heterocycles. The second kappa shape index (κ2) is 9.17. The van der Waals surface area contributed by atoms with Gasteiger partial charge in [-0.15, -0.1) is 0 Å². The van der Waals surface area contributed by atoms with Gasteiger partial charge >= 0.3 is 5.97 Å². The van der Waals surface area contributed by atoms with Crippen LogP contribution in [0.2, 0.25) is 0 Å². The van der Waals surface area contributed by atoms with Gasteiger partial charge in [0.1, 0.15) is 11.3 Å². The number of anilines is 2. The summed E-state index contributed by atoms with van der Waals surface area (Å²) in [6.45, 7) is 6.82. The Balaban J connectivity index is 1.93. The minimum Gasteiger partial charge on any atom is -0.494 e. The van der Waals surface area contributed by atoms with E-state index in [2.05, 4.69) is 22.2 Å². The number of pyridine rings is 2. The minimum atomic E-state index is -0.417. The van der Waals surface area contributed by atoms with E-state index in [0.29, 0.717) is 30.1 Å². The van der Waals surface area contributed by atoms with Crippen molar-refractivity contribution in [3.05, 3.63) is 53.9 Å². The Morgan fingerprint density at radius 1 is 1.11 bits per heavy atom. The number of nitrogens with zero attached hydrogens (tertiary/aromatic N) is 2. The summed E-state index contributed by atoms with van der Waals surface area (Å²) in [5.74, 6) is 0.404. The van der Waals surface area contributed by atoms with Gasteiger partial charge in [-0.25, -0.2) is 14.8 Å². The van der Waals surface area contributed by atoms with E-state index in [0.717, 1.165) is 35.4 Å². The monoisotopic (exact) mass is 379 g/mol. The van der Waals surface area contributed by atoms with Crippen LogP contribution in [0.1, 0.15) is 42.7 Å². The number of hydrogen-bond acceptors (Lipinski definition) is 6. The van der Waals surface area contributed by atoms with Crippen LogP contribution in [0.3, 0.4) is 0 Å². The third kappa shape index (κ3) is 4.57. The van der Waals surface area contributed by atoms with E-state index in [4.69, 9.17) is 9.47 Å². The number of rotatable bonds is 8. The van der Waals surface area contributed by atoms with Crippen molar-refractivity contribution in [3.63, 3.8) is 0 Å². The van der Waals surface area contributed by atoms with Crippen molar-refractivity contribution in [1.29, 1.82) is 0 Å². The lowest BCUT2D eigenvalue weighted by Gasteiger charge is -2.14. The molecule has 2 aromatic heterocycles. The van der Waals surface area contributed by atoms with Crippen molar-refractivity contribution in [2.24, 2.45) is 0 Å². The van der Waals surface area contributed by atoms with Crippen molar-refractivity contribution in [3.8, 4) is 5.75 Å². The van der Waals surface area contributed by atoms with Gasteiger partial charge in [-0.2, -0.15) is 0 Å². The Kier molecular flexibility index (Phi) is 6.42. The van der Waals surface area contributed by atoms with E-state index in [1.165, 1.54) is 6.20 Å². The summed E-state index contributed by atoms with van der Waals surface area (Å²) in [5, 5.41) is 4.10. The number of aromatic nitrogens is 2. The number of ether oxygens (including phenoxy) is 2. The number of carbonyl (C=O) groups excluding carboxylic acids is 1. The highest BCUT2D eigenvalue weighted by Gasteiger charge is 2.17. The molecule has 146 valence electrons. The number of benzene rings is 1. The zero-order valence-electron chi connectivity index (χ0n) is 16.5. The highest BCUT2D eigenvalue weighted by molar-refractivity contribution is 6.05. The number of carbonyl (C=O) groups is 1. The maximum absolute atomic E-state index is 12.4. The second-order valence-electron chi connectivity index (χ2n) is 6.44. The third-order valence-corrected chi connectivity index (χ3v) is 4.25. The number of hydrogen-bond donors (Lipinski definition) is 1. The fraction of sp³-hybridized carbons (Fsp3) is 0.318. The Hall–Kier alpha value is -3.15. The molecule has 0 spiro atoms. The Morgan fingerprint density at radius 2 is 1.89 bits per heavy atom. The molecule has 0 atom stereocenters. The van der Waals surface area contributed by atoms with Gasteiger partial charge in [0, 0.05) is 23.0 Å². The van der Waals surface area contributed by atoms with E-state index in [1.54, 1.807) is 6.92 Å². The largest absolute Gasteiger partial charge is 0.494 e. The molecule has 28 heavy (non-hydrogen) atoms. The Bertz CT molecular complexity index is 955. The predicted molar refractivity (Wildman–Crippen MR) is 110 cm³/mol. The van der Waals surface area contributed by atoms with Crippen molar-refractivity contribution >= 4 is 28.4 Å². The molecule has 2 heterocycles. The summed E-state index contributed by atoms with van der Waals surface area (Å²) in [6, 6.07) is 11.5. The summed E-state index contributed by atoms with van der Waals surface area (Å²) in [5.41, 5.74) is 3.29. The molecule has 1 aromatic carbocycles. The zero-order valence-corrected chi connectivity index (χ0v) is 16.5. The molecule has 0 amide bonds. The van der Waals surface area contributed by atoms with Gasteiger partial charge in [-0.3, -0.25) is 0 Å². The van der Waals surface area contributed by atoms with Crippen LogP contribution >= 0.6 is 0 Å². The van der Waals surface area contributed by atoms with Gasteiger partial charge in [0.2, 0.25) is 0 Å². The molecule has 0 aliphatic carbocycles. The number of unbranched alkanes of at least 4 members (excludes halogenated alkanes) is 1. The van der Waals surface area contributed by atoms with E-state index < -0.39 is 5.97 Å². The normalized spacial score (nSPS) is 10.7. The Morgan fingerprint density at radius 3 is 2.61 bits per heavy atom. The molecule has 0 unspecified atom stereocenters. The lowest BCUT2D eigenvalue weighted by Crippen LogP contribution is -2.09. The molecule has 0 aliphatic rings. The molecule has 1 N–H and O–H groups in total. The van der Waals surface area contributed by atoms with Gasteiger partial charge in [0.15, 0.2) is 5.65 Å². The van der Waals surface area contributed by atoms with Gasteiger partial charge in [-0.05, 0) is 56.7 Å². The predicted octanol–water partition coefficient (Wildman–Crippen LogP) is 5.04. The van der Waals surface area contributed by atoms with Crippen LogP contribution in [0, 0.1) is 6.92 Å². The lowest BCUT2D eigenvalue weighted by atomic mass is 10.1. The van der Waals surface area contributed by atoms with Gasteiger partial charge in [-0.1, -0.05) is 13.3 Å². The van der Waals surface area contributed by atoms with E-state index in [-0.39, 0.29) is 0 Å². The number of fused-ring (bicyclic) bond motifs is 1. The third-order valence-electron chi connectivity index (χ3n) is 4.25. The molecule has 6 heteroatoms. The first-order valence-electron chi connectivity index (χ1n) is 9.55. The van der Waals surface area contributed by atoms with E-state index in [1.807, 2.05) is 43.3 Å². The fourth-order valence-corrected chi connectivity index (χ4v) is 2.78. The van der Waals surface area contributed by atoms with Crippen molar-refractivity contribution in [2.45, 2.75) is 33.6 Å². The second-order valence-corrected chi connectivity index (χ2v) is 6.44. The fourth-order valence-electron chi connectivity index (χ4n) is 2.78. The minimum absolute atomic E-state index is 0.298. The van der Waals surface area contributed by atoms with Gasteiger partial charge < -0.3 is 14.8 Å². The van der Waals surface area contributed by atoms with Crippen molar-refractivity contribution < 1.29 is 14.3 Å². The maximum atomic E-state index is 12.4. The van der Waals surface area contributed by atoms with Crippen molar-refractivity contribution in [2.75, 3.05) is 18.5 Å². The standard InChI is InChI=1S/C22H25N3O3/c1-4-6-13-28-17-10-8-16(9-11-17)25-20-18-12-7-15(3)24-21(18)23-14-19(20)22(26)27-5-2/h7-12,14H,4-6,13H2,1-3H3,(H,23,24,25). The number of aryl methyl sites for hydroxylation is 1. The van der Waals surface area contributed by atoms with Gasteiger partial charge in [0.25, 0.3) is 0 Å². The molecule has 0 aliphatic heterocycles. The van der Waals surface area contributed by atoms with Crippen LogP contribution < -0.4 is 10.1 Å². The molecule has 3 rings (SSSR count). The smallest absolute Gasteiger partial charge is 0.341 e. The van der Waals surface area contributed by atoms with Gasteiger partial charge in [0.05, 0.1) is 18.9 Å². The first-order valence-corrected chi connectivity index (χ1v) is 9.55. The first-order chi connectivity index (χ1) is 13.6. The molecule has 0 radical (unpaired) electrons. The average molecular weight is 379 g/mol. The summed E-state index contributed by atoms with van der Waals surface area (Å²) >= 11 is 0. The SMILES string of the molecule is CCCCOc1ccc(Nc2c(C(=O)OCC)cnc3nc(C)ccc23)cc1. The summed E-state index contributed by atoms with van der Waals surface area (Å²) in [4.78, 5) is 21.2. The lowest BCUT2D eigenvalue weighted by molar-refractivity contribution is 0.0527. The highest BCUT2D eigenvalue weighted by atomic mass is 16.5. The number of esters is 1. The average Bonchev–Trinajstić information content (AvgIpc) is 2.69. The molecule has 0 bridgehead atoms. The molecule has 0 saturated carbocycles. The summed E-state index contributed by atoms with van der Waals surface area (Å²) < 4.78 is 10.9. The molecule has 6 nitrogen and oxygen atoms in total. The Labute approximate surface area is 164 Å². The zero-order chi connectivity index (χ0) is 19.9. The van der Waals surface area contributed by atoms with Crippen molar-refractivity contribution in [1.82, 2.24) is 9.97 Å². The summed E-state index contributed by atoms with van der Waals surface area (Å²) in [7, 11) is 0. The molecular formula is C22H25N3O3. The highest BCUT2D eigenvalue weighted by Crippen LogP contribution is 2.30. The summed E-state index contributed by atoms with van der Waals surface area (Å²) in [6.07, 6.45) is 3.63. The number of nitrogens with one attached hydrogen (secondary N) is 1. The van der Waals surface area contributed by atoms with E-state index in [9.17, 15) is 4.79 Å². The van der Waals surface area contributed by atoms with Crippen LogP contribution in [0.15, 0.2) is 42.6 Å². The first kappa shape index (κ1) is 19.6. The topological polar surface area (TPSA) is 73.3 Å². The van der Waals surface area contributed by atoms with Crippen LogP contribution in [-0.4, -0.2) is 29.2 Å². The van der Waals surface area contributed by atoms with Crippen LogP contribution in [0.4, 0.5) is 11.4 Å². The maximum Gasteiger partial charge on any atom is 0.341 e. The van der Waals surface area contributed by atoms with Crippen LogP contribution in [-0.2, 0) is 4.74 Å². The quantitative estimate of drug-likeness (QED) is 0.437. The molecule has 0 fully saturated rings. The van der Waals surface area contributed by atoms with E-state index >= 15 is 0 Å². The van der Waals surface area contributed by atoms with Crippen LogP contribution in [0.5, 0.6) is 5.75 Å². The van der Waals surface area contributed by atoms with Crippen LogP contribution in [0.25, 0.3) is 11.0 Å². The molecular weight excluding hydrogens is 354 g/mol.